The fourth-order valence-electron chi connectivity index (χ4n) is 1.54. The van der Waals surface area contributed by atoms with Crippen molar-refractivity contribution in [3.05, 3.63) is 34.3 Å². The first kappa shape index (κ1) is 15.5. The number of urea groups is 1. The van der Waals surface area contributed by atoms with E-state index in [-0.39, 0.29) is 0 Å². The molecule has 1 aromatic rings. The van der Waals surface area contributed by atoms with Crippen LogP contribution in [0, 0.1) is 0 Å². The van der Waals surface area contributed by atoms with Crippen molar-refractivity contribution in [2.75, 3.05) is 0 Å². The van der Waals surface area contributed by atoms with Crippen molar-refractivity contribution in [3.63, 3.8) is 0 Å². The maximum absolute atomic E-state index is 11.6. The van der Waals surface area contributed by atoms with Crippen molar-refractivity contribution in [2.45, 2.75) is 32.4 Å². The Labute approximate surface area is 120 Å². The summed E-state index contributed by atoms with van der Waals surface area (Å²) < 4.78 is 0.967. The number of rotatable bonds is 6. The molecule has 1 unspecified atom stereocenters. The predicted octanol–water partition coefficient (Wildman–Crippen LogP) is 2.50. The zero-order valence-electron chi connectivity index (χ0n) is 10.6. The molecule has 0 aromatic heterocycles. The number of hydrogen-bond acceptors (Lipinski definition) is 2. The molecule has 6 heteroatoms. The molecule has 5 nitrogen and oxygen atoms in total. The Hall–Kier alpha value is -1.56. The summed E-state index contributed by atoms with van der Waals surface area (Å²) in [6, 6.07) is 6.22. The SMILES string of the molecule is CCCC(NC(=O)NCc1ccc(Br)cc1)C(=O)O. The number of nitrogens with one attached hydrogen (secondary N) is 2. The Morgan fingerprint density at radius 2 is 1.95 bits per heavy atom. The molecule has 19 heavy (non-hydrogen) atoms. The van der Waals surface area contributed by atoms with E-state index in [1.807, 2.05) is 31.2 Å². The van der Waals surface area contributed by atoms with Gasteiger partial charge in [-0.3, -0.25) is 0 Å². The van der Waals surface area contributed by atoms with Crippen LogP contribution in [0.1, 0.15) is 25.3 Å². The molecular formula is C13H17BrN2O3. The molecular weight excluding hydrogens is 312 g/mol. The zero-order valence-corrected chi connectivity index (χ0v) is 12.2. The molecule has 1 aromatic carbocycles. The Morgan fingerprint density at radius 3 is 2.47 bits per heavy atom. The fourth-order valence-corrected chi connectivity index (χ4v) is 1.80. The van der Waals surface area contributed by atoms with Crippen LogP contribution in [-0.2, 0) is 11.3 Å². The van der Waals surface area contributed by atoms with E-state index in [0.29, 0.717) is 19.4 Å². The molecule has 2 amide bonds. The van der Waals surface area contributed by atoms with E-state index in [4.69, 9.17) is 5.11 Å². The third-order valence-electron chi connectivity index (χ3n) is 2.55. The van der Waals surface area contributed by atoms with Crippen molar-refractivity contribution in [1.29, 1.82) is 0 Å². The summed E-state index contributed by atoms with van der Waals surface area (Å²) in [6.07, 6.45) is 1.12. The minimum Gasteiger partial charge on any atom is -0.480 e. The average molecular weight is 329 g/mol. The van der Waals surface area contributed by atoms with Crippen molar-refractivity contribution in [3.8, 4) is 0 Å². The fraction of sp³-hybridized carbons (Fsp3) is 0.385. The van der Waals surface area contributed by atoms with E-state index in [9.17, 15) is 9.59 Å². The average Bonchev–Trinajstić information content (AvgIpc) is 2.37. The van der Waals surface area contributed by atoms with Gasteiger partial charge in [-0.05, 0) is 24.1 Å². The van der Waals surface area contributed by atoms with Crippen molar-refractivity contribution in [2.24, 2.45) is 0 Å². The summed E-state index contributed by atoms with van der Waals surface area (Å²) >= 11 is 3.33. The van der Waals surface area contributed by atoms with Gasteiger partial charge in [-0.1, -0.05) is 41.4 Å². The van der Waals surface area contributed by atoms with E-state index in [2.05, 4.69) is 26.6 Å². The van der Waals surface area contributed by atoms with Gasteiger partial charge in [0.1, 0.15) is 6.04 Å². The van der Waals surface area contributed by atoms with Gasteiger partial charge >= 0.3 is 12.0 Å². The Morgan fingerprint density at radius 1 is 1.32 bits per heavy atom. The summed E-state index contributed by atoms with van der Waals surface area (Å²) in [7, 11) is 0. The van der Waals surface area contributed by atoms with Crippen molar-refractivity contribution in [1.82, 2.24) is 10.6 Å². The normalized spacial score (nSPS) is 11.7. The molecule has 0 radical (unpaired) electrons. The molecule has 1 rings (SSSR count). The number of amides is 2. The molecule has 0 aliphatic rings. The monoisotopic (exact) mass is 328 g/mol. The lowest BCUT2D eigenvalue weighted by Gasteiger charge is -2.14. The molecule has 0 spiro atoms. The van der Waals surface area contributed by atoms with Crippen molar-refractivity contribution < 1.29 is 14.7 Å². The zero-order chi connectivity index (χ0) is 14.3. The highest BCUT2D eigenvalue weighted by atomic mass is 79.9. The van der Waals surface area contributed by atoms with Gasteiger partial charge in [0.15, 0.2) is 0 Å². The lowest BCUT2D eigenvalue weighted by atomic mass is 10.2. The smallest absolute Gasteiger partial charge is 0.326 e. The number of halogens is 1. The number of aliphatic carboxylic acids is 1. The third-order valence-corrected chi connectivity index (χ3v) is 3.08. The van der Waals surface area contributed by atoms with Crippen LogP contribution in [-0.4, -0.2) is 23.1 Å². The molecule has 0 fully saturated rings. The Bertz CT molecular complexity index is 434. The number of hydrogen-bond donors (Lipinski definition) is 3. The van der Waals surface area contributed by atoms with Gasteiger partial charge in [0.25, 0.3) is 0 Å². The first-order valence-electron chi connectivity index (χ1n) is 6.04. The summed E-state index contributed by atoms with van der Waals surface area (Å²) in [5.41, 5.74) is 0.945. The Balaban J connectivity index is 2.42. The minimum absolute atomic E-state index is 0.359. The first-order chi connectivity index (χ1) is 9.02. The highest BCUT2D eigenvalue weighted by Crippen LogP contribution is 2.10. The lowest BCUT2D eigenvalue weighted by molar-refractivity contribution is -0.139. The molecule has 104 valence electrons. The molecule has 0 aliphatic carbocycles. The predicted molar refractivity (Wildman–Crippen MR) is 75.8 cm³/mol. The van der Waals surface area contributed by atoms with E-state index in [1.165, 1.54) is 0 Å². The van der Waals surface area contributed by atoms with E-state index in [1.54, 1.807) is 0 Å². The van der Waals surface area contributed by atoms with Gasteiger partial charge in [0.05, 0.1) is 0 Å². The van der Waals surface area contributed by atoms with E-state index >= 15 is 0 Å². The molecule has 0 heterocycles. The van der Waals surface area contributed by atoms with Gasteiger partial charge < -0.3 is 15.7 Å². The Kier molecular flexibility index (Phi) is 6.35. The maximum Gasteiger partial charge on any atom is 0.326 e. The van der Waals surface area contributed by atoms with Gasteiger partial charge in [0.2, 0.25) is 0 Å². The molecule has 0 bridgehead atoms. The highest BCUT2D eigenvalue weighted by Gasteiger charge is 2.18. The van der Waals surface area contributed by atoms with Crippen LogP contribution in [0.3, 0.4) is 0 Å². The summed E-state index contributed by atoms with van der Waals surface area (Å²) in [6.45, 7) is 2.23. The van der Waals surface area contributed by atoms with Gasteiger partial charge in [-0.15, -0.1) is 0 Å². The minimum atomic E-state index is -1.01. The first-order valence-corrected chi connectivity index (χ1v) is 6.84. The maximum atomic E-state index is 11.6. The standard InChI is InChI=1S/C13H17BrN2O3/c1-2-3-11(12(17)18)16-13(19)15-8-9-4-6-10(14)7-5-9/h4-7,11H,2-3,8H2,1H3,(H,17,18)(H2,15,16,19). The number of carboxylic acid groups (broad SMARTS) is 1. The largest absolute Gasteiger partial charge is 0.480 e. The number of benzene rings is 1. The highest BCUT2D eigenvalue weighted by molar-refractivity contribution is 9.10. The summed E-state index contributed by atoms with van der Waals surface area (Å²) in [4.78, 5) is 22.5. The molecule has 0 saturated carbocycles. The number of carbonyl (C=O) groups is 2. The van der Waals surface area contributed by atoms with Crippen LogP contribution < -0.4 is 10.6 Å². The number of carbonyl (C=O) groups excluding carboxylic acids is 1. The molecule has 3 N–H and O–H groups in total. The van der Waals surface area contributed by atoms with Crippen molar-refractivity contribution >= 4 is 27.9 Å². The van der Waals surface area contributed by atoms with Crippen LogP contribution in [0.15, 0.2) is 28.7 Å². The molecule has 1 atom stereocenters. The van der Waals surface area contributed by atoms with Gasteiger partial charge in [0, 0.05) is 11.0 Å². The van der Waals surface area contributed by atoms with Crippen LogP contribution in [0.4, 0.5) is 4.79 Å². The van der Waals surface area contributed by atoms with E-state index < -0.39 is 18.0 Å². The lowest BCUT2D eigenvalue weighted by Crippen LogP contribution is -2.45. The summed E-state index contributed by atoms with van der Waals surface area (Å²) in [5.74, 6) is -1.01. The van der Waals surface area contributed by atoms with E-state index in [0.717, 1.165) is 10.0 Å². The summed E-state index contributed by atoms with van der Waals surface area (Å²) in [5, 5.41) is 14.0. The molecule has 0 aliphatic heterocycles. The van der Waals surface area contributed by atoms with Crippen LogP contribution in [0.5, 0.6) is 0 Å². The van der Waals surface area contributed by atoms with Crippen LogP contribution in [0.2, 0.25) is 0 Å². The van der Waals surface area contributed by atoms with Crippen LogP contribution in [0.25, 0.3) is 0 Å². The van der Waals surface area contributed by atoms with Gasteiger partial charge in [-0.25, -0.2) is 9.59 Å². The second-order valence-corrected chi connectivity index (χ2v) is 5.05. The quantitative estimate of drug-likeness (QED) is 0.750. The third kappa shape index (κ3) is 5.74. The second kappa shape index (κ2) is 7.78. The number of carboxylic acids is 1. The molecule has 0 saturated heterocycles. The second-order valence-electron chi connectivity index (χ2n) is 4.13. The van der Waals surface area contributed by atoms with Crippen LogP contribution >= 0.6 is 15.9 Å². The topological polar surface area (TPSA) is 78.4 Å². The van der Waals surface area contributed by atoms with Gasteiger partial charge in [-0.2, -0.15) is 0 Å².